The third kappa shape index (κ3) is 3.58. The van der Waals surface area contributed by atoms with Crippen LogP contribution in [0.25, 0.3) is 0 Å². The molecule has 5 heteroatoms. The van der Waals surface area contributed by atoms with Gasteiger partial charge in [0.15, 0.2) is 0 Å². The Morgan fingerprint density at radius 2 is 2.00 bits per heavy atom. The van der Waals surface area contributed by atoms with Crippen molar-refractivity contribution in [2.75, 3.05) is 36.3 Å². The molecule has 1 N–H and O–H groups in total. The average Bonchev–Trinajstić information content (AvgIpc) is 2.86. The topological polar surface area (TPSA) is 32.3 Å². The summed E-state index contributed by atoms with van der Waals surface area (Å²) in [7, 11) is 0. The number of amides is 1. The lowest BCUT2D eigenvalue weighted by molar-refractivity contribution is -0.119. The predicted octanol–water partition coefficient (Wildman–Crippen LogP) is 2.88. The lowest BCUT2D eigenvalue weighted by atomic mass is 9.93. The fourth-order valence-corrected chi connectivity index (χ4v) is 3.07. The molecule has 1 unspecified atom stereocenters. The molecule has 2 rings (SSSR count). The molecule has 1 fully saturated rings. The van der Waals surface area contributed by atoms with Gasteiger partial charge in [-0.1, -0.05) is 6.07 Å². The van der Waals surface area contributed by atoms with Crippen molar-refractivity contribution in [3.05, 3.63) is 29.3 Å². The van der Waals surface area contributed by atoms with E-state index in [2.05, 4.69) is 35.3 Å². The van der Waals surface area contributed by atoms with Gasteiger partial charge in [0.1, 0.15) is 0 Å². The molecule has 0 radical (unpaired) electrons. The first-order chi connectivity index (χ1) is 9.65. The van der Waals surface area contributed by atoms with Crippen molar-refractivity contribution in [2.45, 2.75) is 19.3 Å². The third-order valence-corrected chi connectivity index (χ3v) is 4.09. The number of aryl methyl sites for hydroxylation is 1. The molecule has 0 aliphatic carbocycles. The van der Waals surface area contributed by atoms with Crippen molar-refractivity contribution in [2.24, 2.45) is 0 Å². The van der Waals surface area contributed by atoms with Crippen LogP contribution >= 0.6 is 23.2 Å². The second-order valence-electron chi connectivity index (χ2n) is 5.11. The van der Waals surface area contributed by atoms with E-state index in [9.17, 15) is 4.79 Å². The molecular weight excluding hydrogens is 295 g/mol. The van der Waals surface area contributed by atoms with Crippen LogP contribution in [-0.2, 0) is 4.79 Å². The minimum atomic E-state index is 0.137. The summed E-state index contributed by atoms with van der Waals surface area (Å²) in [5, 5.41) is 2.90. The second kappa shape index (κ2) is 7.19. The van der Waals surface area contributed by atoms with Crippen LogP contribution in [0.4, 0.5) is 5.69 Å². The number of nitrogens with zero attached hydrogens (tertiary/aromatic N) is 1. The summed E-state index contributed by atoms with van der Waals surface area (Å²) in [4.78, 5) is 13.6. The number of hydrogen-bond acceptors (Lipinski definition) is 2. The SMILES string of the molecule is Cc1ccc(N(CCCl)CCCl)cc1C1CNC(=O)C1. The molecular formula is C15H20Cl2N2O. The summed E-state index contributed by atoms with van der Waals surface area (Å²) in [5.41, 5.74) is 3.60. The summed E-state index contributed by atoms with van der Waals surface area (Å²) in [6.45, 7) is 4.38. The highest BCUT2D eigenvalue weighted by molar-refractivity contribution is 6.18. The minimum Gasteiger partial charge on any atom is -0.369 e. The molecule has 1 aromatic carbocycles. The molecule has 1 aliphatic rings. The van der Waals surface area contributed by atoms with Crippen LogP contribution in [0.15, 0.2) is 18.2 Å². The smallest absolute Gasteiger partial charge is 0.220 e. The lowest BCUT2D eigenvalue weighted by Gasteiger charge is -2.25. The molecule has 110 valence electrons. The molecule has 1 aliphatic heterocycles. The summed E-state index contributed by atoms with van der Waals surface area (Å²) in [6, 6.07) is 6.39. The second-order valence-corrected chi connectivity index (χ2v) is 5.87. The molecule has 1 amide bonds. The van der Waals surface area contributed by atoms with E-state index in [-0.39, 0.29) is 11.8 Å². The van der Waals surface area contributed by atoms with Gasteiger partial charge in [-0.05, 0) is 30.2 Å². The maximum absolute atomic E-state index is 11.4. The first kappa shape index (κ1) is 15.5. The van der Waals surface area contributed by atoms with E-state index in [1.807, 2.05) is 0 Å². The quantitative estimate of drug-likeness (QED) is 0.819. The number of benzene rings is 1. The van der Waals surface area contributed by atoms with Crippen molar-refractivity contribution >= 4 is 34.8 Å². The Morgan fingerprint density at radius 3 is 2.55 bits per heavy atom. The molecule has 20 heavy (non-hydrogen) atoms. The van der Waals surface area contributed by atoms with Crippen molar-refractivity contribution in [1.29, 1.82) is 0 Å². The van der Waals surface area contributed by atoms with Crippen LogP contribution in [0.2, 0.25) is 0 Å². The van der Waals surface area contributed by atoms with Gasteiger partial charge in [-0.25, -0.2) is 0 Å². The van der Waals surface area contributed by atoms with Gasteiger partial charge in [0, 0.05) is 49.4 Å². The number of alkyl halides is 2. The molecule has 1 heterocycles. The molecule has 1 saturated heterocycles. The van der Waals surface area contributed by atoms with Crippen molar-refractivity contribution < 1.29 is 4.79 Å². The number of carbonyl (C=O) groups excluding carboxylic acids is 1. The Hall–Kier alpha value is -0.930. The van der Waals surface area contributed by atoms with Crippen LogP contribution in [-0.4, -0.2) is 37.3 Å². The average molecular weight is 315 g/mol. The highest BCUT2D eigenvalue weighted by Gasteiger charge is 2.24. The van der Waals surface area contributed by atoms with Crippen LogP contribution < -0.4 is 10.2 Å². The van der Waals surface area contributed by atoms with E-state index >= 15 is 0 Å². The maximum Gasteiger partial charge on any atom is 0.220 e. The predicted molar refractivity (Wildman–Crippen MR) is 85.2 cm³/mol. The van der Waals surface area contributed by atoms with Crippen molar-refractivity contribution in [1.82, 2.24) is 5.32 Å². The standard InChI is InChI=1S/C15H20Cl2N2O/c1-11-2-3-13(19(6-4-16)7-5-17)9-14(11)12-8-15(20)18-10-12/h2-3,9,12H,4-8,10H2,1H3,(H,18,20). The van der Waals surface area contributed by atoms with Gasteiger partial charge in [-0.2, -0.15) is 0 Å². The molecule has 0 saturated carbocycles. The Kier molecular flexibility index (Phi) is 5.55. The monoisotopic (exact) mass is 314 g/mol. The number of anilines is 1. The first-order valence-electron chi connectivity index (χ1n) is 6.90. The van der Waals surface area contributed by atoms with Crippen molar-refractivity contribution in [3.63, 3.8) is 0 Å². The Morgan fingerprint density at radius 1 is 1.30 bits per heavy atom. The first-order valence-corrected chi connectivity index (χ1v) is 7.96. The van der Waals surface area contributed by atoms with Gasteiger partial charge in [0.25, 0.3) is 0 Å². The molecule has 1 atom stereocenters. The number of rotatable bonds is 6. The maximum atomic E-state index is 11.4. The third-order valence-electron chi connectivity index (χ3n) is 3.75. The molecule has 0 bridgehead atoms. The van der Waals surface area contributed by atoms with Gasteiger partial charge in [0.05, 0.1) is 0 Å². The Bertz CT molecular complexity index is 473. The molecule has 0 spiro atoms. The zero-order valence-corrected chi connectivity index (χ0v) is 13.2. The minimum absolute atomic E-state index is 0.137. The van der Waals surface area contributed by atoms with E-state index < -0.39 is 0 Å². The normalized spacial score (nSPS) is 18.1. The molecule has 0 aromatic heterocycles. The summed E-state index contributed by atoms with van der Waals surface area (Å²) < 4.78 is 0. The number of hydrogen-bond donors (Lipinski definition) is 1. The van der Waals surface area contributed by atoms with E-state index in [1.54, 1.807) is 0 Å². The highest BCUT2D eigenvalue weighted by Crippen LogP contribution is 2.29. The summed E-state index contributed by atoms with van der Waals surface area (Å²) >= 11 is 11.7. The van der Waals surface area contributed by atoms with Crippen LogP contribution in [0, 0.1) is 6.92 Å². The van der Waals surface area contributed by atoms with E-state index in [4.69, 9.17) is 23.2 Å². The summed E-state index contributed by atoms with van der Waals surface area (Å²) in [5.74, 6) is 1.56. The van der Waals surface area contributed by atoms with E-state index in [0.29, 0.717) is 18.2 Å². The largest absolute Gasteiger partial charge is 0.369 e. The van der Waals surface area contributed by atoms with Gasteiger partial charge in [-0.15, -0.1) is 23.2 Å². The summed E-state index contributed by atoms with van der Waals surface area (Å²) in [6.07, 6.45) is 0.579. The van der Waals surface area contributed by atoms with E-state index in [1.165, 1.54) is 11.1 Å². The van der Waals surface area contributed by atoms with E-state index in [0.717, 1.165) is 25.3 Å². The number of nitrogens with one attached hydrogen (secondary N) is 1. The Labute approximate surface area is 130 Å². The van der Waals surface area contributed by atoms with Gasteiger partial charge in [0.2, 0.25) is 5.91 Å². The fourth-order valence-electron chi connectivity index (χ4n) is 2.66. The number of halogens is 2. The molecule has 3 nitrogen and oxygen atoms in total. The Balaban J connectivity index is 2.24. The van der Waals surface area contributed by atoms with Crippen molar-refractivity contribution in [3.8, 4) is 0 Å². The zero-order chi connectivity index (χ0) is 14.5. The number of carbonyl (C=O) groups is 1. The van der Waals surface area contributed by atoms with Crippen LogP contribution in [0.1, 0.15) is 23.5 Å². The van der Waals surface area contributed by atoms with Gasteiger partial charge < -0.3 is 10.2 Å². The zero-order valence-electron chi connectivity index (χ0n) is 11.7. The van der Waals surface area contributed by atoms with Crippen LogP contribution in [0.3, 0.4) is 0 Å². The molecule has 1 aromatic rings. The van der Waals surface area contributed by atoms with Gasteiger partial charge >= 0.3 is 0 Å². The van der Waals surface area contributed by atoms with Crippen LogP contribution in [0.5, 0.6) is 0 Å². The lowest BCUT2D eigenvalue weighted by Crippen LogP contribution is -2.27. The van der Waals surface area contributed by atoms with Gasteiger partial charge in [-0.3, -0.25) is 4.79 Å². The highest BCUT2D eigenvalue weighted by atomic mass is 35.5. The fraction of sp³-hybridized carbons (Fsp3) is 0.533.